The van der Waals surface area contributed by atoms with Crippen LogP contribution in [0, 0.1) is 19.8 Å². The number of carbonyl (C=O) groups excluding carboxylic acids is 2. The molecule has 23 heavy (non-hydrogen) atoms. The van der Waals surface area contributed by atoms with Crippen molar-refractivity contribution in [3.05, 3.63) is 59.7 Å². The third-order valence-electron chi connectivity index (χ3n) is 4.34. The molecule has 1 fully saturated rings. The monoisotopic (exact) mass is 308 g/mol. The van der Waals surface area contributed by atoms with Crippen molar-refractivity contribution in [2.45, 2.75) is 20.3 Å². The molecule has 0 aromatic heterocycles. The number of benzene rings is 2. The lowest BCUT2D eigenvalue weighted by Gasteiger charge is -2.18. The fraction of sp³-hybridized carbons (Fsp3) is 0.263. The molecule has 1 atom stereocenters. The summed E-state index contributed by atoms with van der Waals surface area (Å²) in [5.41, 5.74) is 3.97. The van der Waals surface area contributed by atoms with E-state index in [1.165, 1.54) is 5.56 Å². The standard InChI is InChI=1S/C19H20N2O2/c1-13-8-9-17(10-14(13)2)21-12-15(11-18(21)22)19(23)20-16-6-4-3-5-7-16/h3-10,15H,11-12H2,1-2H3,(H,20,23)/t15-/m0/s1. The predicted octanol–water partition coefficient (Wildman–Crippen LogP) is 3.30. The van der Waals surface area contributed by atoms with E-state index in [-0.39, 0.29) is 24.2 Å². The molecule has 0 unspecified atom stereocenters. The first kappa shape index (κ1) is 15.3. The molecule has 0 radical (unpaired) electrons. The lowest BCUT2D eigenvalue weighted by molar-refractivity contribution is -0.122. The van der Waals surface area contributed by atoms with Crippen molar-refractivity contribution in [2.75, 3.05) is 16.8 Å². The summed E-state index contributed by atoms with van der Waals surface area (Å²) in [5.74, 6) is -0.415. The van der Waals surface area contributed by atoms with Crippen LogP contribution in [0.15, 0.2) is 48.5 Å². The zero-order chi connectivity index (χ0) is 16.4. The van der Waals surface area contributed by atoms with Gasteiger partial charge in [0.25, 0.3) is 0 Å². The fourth-order valence-corrected chi connectivity index (χ4v) is 2.79. The topological polar surface area (TPSA) is 49.4 Å². The van der Waals surface area contributed by atoms with Gasteiger partial charge < -0.3 is 10.2 Å². The first-order valence-electron chi connectivity index (χ1n) is 7.78. The Labute approximate surface area is 136 Å². The Balaban J connectivity index is 1.71. The summed E-state index contributed by atoms with van der Waals surface area (Å²) in [6.45, 7) is 4.50. The third kappa shape index (κ3) is 3.26. The maximum atomic E-state index is 12.4. The summed E-state index contributed by atoms with van der Waals surface area (Å²) in [7, 11) is 0. The Hall–Kier alpha value is -2.62. The van der Waals surface area contributed by atoms with E-state index >= 15 is 0 Å². The molecule has 4 nitrogen and oxygen atoms in total. The van der Waals surface area contributed by atoms with Gasteiger partial charge in [0, 0.05) is 24.3 Å². The Kier molecular flexibility index (Phi) is 4.15. The van der Waals surface area contributed by atoms with Crippen LogP contribution in [0.5, 0.6) is 0 Å². The summed E-state index contributed by atoms with van der Waals surface area (Å²) in [4.78, 5) is 26.4. The Morgan fingerprint density at radius 1 is 1.09 bits per heavy atom. The van der Waals surface area contributed by atoms with Crippen LogP contribution in [0.3, 0.4) is 0 Å². The molecule has 0 aliphatic carbocycles. The van der Waals surface area contributed by atoms with E-state index in [1.54, 1.807) is 4.90 Å². The summed E-state index contributed by atoms with van der Waals surface area (Å²) in [6, 6.07) is 15.3. The molecule has 0 bridgehead atoms. The van der Waals surface area contributed by atoms with Crippen molar-refractivity contribution in [1.82, 2.24) is 0 Å². The van der Waals surface area contributed by atoms with Gasteiger partial charge in [0.2, 0.25) is 11.8 Å². The second-order valence-electron chi connectivity index (χ2n) is 6.03. The van der Waals surface area contributed by atoms with Crippen molar-refractivity contribution >= 4 is 23.2 Å². The molecule has 3 rings (SSSR count). The van der Waals surface area contributed by atoms with Crippen LogP contribution in [0.25, 0.3) is 0 Å². The van der Waals surface area contributed by atoms with Crippen LogP contribution in [-0.2, 0) is 9.59 Å². The predicted molar refractivity (Wildman–Crippen MR) is 91.4 cm³/mol. The highest BCUT2D eigenvalue weighted by Gasteiger charge is 2.35. The zero-order valence-electron chi connectivity index (χ0n) is 13.4. The van der Waals surface area contributed by atoms with Gasteiger partial charge in [0.15, 0.2) is 0 Å². The van der Waals surface area contributed by atoms with E-state index < -0.39 is 0 Å². The molecule has 2 aromatic rings. The minimum atomic E-state index is -0.315. The molecular formula is C19H20N2O2. The molecule has 1 saturated heterocycles. The summed E-state index contributed by atoms with van der Waals surface area (Å²) in [6.07, 6.45) is 0.256. The molecule has 2 aromatic carbocycles. The first-order valence-corrected chi connectivity index (χ1v) is 7.78. The highest BCUT2D eigenvalue weighted by molar-refractivity contribution is 6.03. The largest absolute Gasteiger partial charge is 0.326 e. The van der Waals surface area contributed by atoms with Gasteiger partial charge in [-0.3, -0.25) is 9.59 Å². The number of para-hydroxylation sites is 1. The van der Waals surface area contributed by atoms with E-state index in [9.17, 15) is 9.59 Å². The van der Waals surface area contributed by atoms with Gasteiger partial charge in [-0.15, -0.1) is 0 Å². The van der Waals surface area contributed by atoms with E-state index in [0.29, 0.717) is 6.54 Å². The molecule has 4 heteroatoms. The smallest absolute Gasteiger partial charge is 0.229 e. The Bertz CT molecular complexity index is 740. The summed E-state index contributed by atoms with van der Waals surface area (Å²) >= 11 is 0. The second kappa shape index (κ2) is 6.24. The summed E-state index contributed by atoms with van der Waals surface area (Å²) < 4.78 is 0. The molecule has 118 valence electrons. The number of carbonyl (C=O) groups is 2. The van der Waals surface area contributed by atoms with E-state index in [1.807, 2.05) is 62.4 Å². The number of amides is 2. The van der Waals surface area contributed by atoms with E-state index in [4.69, 9.17) is 0 Å². The van der Waals surface area contributed by atoms with Crippen molar-refractivity contribution in [3.63, 3.8) is 0 Å². The van der Waals surface area contributed by atoms with Gasteiger partial charge >= 0.3 is 0 Å². The fourth-order valence-electron chi connectivity index (χ4n) is 2.79. The molecule has 1 heterocycles. The zero-order valence-corrected chi connectivity index (χ0v) is 13.4. The number of aryl methyl sites for hydroxylation is 2. The second-order valence-corrected chi connectivity index (χ2v) is 6.03. The third-order valence-corrected chi connectivity index (χ3v) is 4.34. The lowest BCUT2D eigenvalue weighted by Crippen LogP contribution is -2.28. The number of nitrogens with one attached hydrogen (secondary N) is 1. The number of anilines is 2. The minimum Gasteiger partial charge on any atom is -0.326 e. The van der Waals surface area contributed by atoms with Crippen molar-refractivity contribution in [2.24, 2.45) is 5.92 Å². The lowest BCUT2D eigenvalue weighted by atomic mass is 10.1. The van der Waals surface area contributed by atoms with Crippen LogP contribution < -0.4 is 10.2 Å². The van der Waals surface area contributed by atoms with Gasteiger partial charge in [-0.05, 0) is 49.2 Å². The molecule has 1 aliphatic rings. The van der Waals surface area contributed by atoms with Gasteiger partial charge in [-0.25, -0.2) is 0 Å². The van der Waals surface area contributed by atoms with Gasteiger partial charge in [0.1, 0.15) is 0 Å². The highest BCUT2D eigenvalue weighted by Crippen LogP contribution is 2.27. The number of nitrogens with zero attached hydrogens (tertiary/aromatic N) is 1. The van der Waals surface area contributed by atoms with Crippen LogP contribution in [0.1, 0.15) is 17.5 Å². The Morgan fingerprint density at radius 3 is 2.52 bits per heavy atom. The molecule has 1 N–H and O–H groups in total. The van der Waals surface area contributed by atoms with Crippen molar-refractivity contribution < 1.29 is 9.59 Å². The van der Waals surface area contributed by atoms with Crippen molar-refractivity contribution in [3.8, 4) is 0 Å². The molecule has 0 spiro atoms. The minimum absolute atomic E-state index is 0.00136. The van der Waals surface area contributed by atoms with Gasteiger partial charge in [-0.2, -0.15) is 0 Å². The van der Waals surface area contributed by atoms with Gasteiger partial charge in [-0.1, -0.05) is 24.3 Å². The number of hydrogen-bond donors (Lipinski definition) is 1. The molecule has 0 saturated carbocycles. The summed E-state index contributed by atoms with van der Waals surface area (Å²) in [5, 5.41) is 2.88. The molecule has 2 amide bonds. The van der Waals surface area contributed by atoms with E-state index in [2.05, 4.69) is 5.32 Å². The maximum Gasteiger partial charge on any atom is 0.229 e. The van der Waals surface area contributed by atoms with Crippen LogP contribution in [-0.4, -0.2) is 18.4 Å². The van der Waals surface area contributed by atoms with E-state index in [0.717, 1.165) is 16.9 Å². The maximum absolute atomic E-state index is 12.4. The van der Waals surface area contributed by atoms with Crippen LogP contribution in [0.2, 0.25) is 0 Å². The average molecular weight is 308 g/mol. The highest BCUT2D eigenvalue weighted by atomic mass is 16.2. The van der Waals surface area contributed by atoms with Gasteiger partial charge in [0.05, 0.1) is 5.92 Å². The van der Waals surface area contributed by atoms with Crippen LogP contribution in [0.4, 0.5) is 11.4 Å². The SMILES string of the molecule is Cc1ccc(N2C[C@@H](C(=O)Nc3ccccc3)CC2=O)cc1C. The number of hydrogen-bond acceptors (Lipinski definition) is 2. The first-order chi connectivity index (χ1) is 11.0. The average Bonchev–Trinajstić information content (AvgIpc) is 2.93. The Morgan fingerprint density at radius 2 is 1.83 bits per heavy atom. The molecule has 1 aliphatic heterocycles. The normalized spacial score (nSPS) is 17.4. The molecular weight excluding hydrogens is 288 g/mol. The quantitative estimate of drug-likeness (QED) is 0.946. The van der Waals surface area contributed by atoms with Crippen molar-refractivity contribution in [1.29, 1.82) is 0 Å². The van der Waals surface area contributed by atoms with Crippen LogP contribution >= 0.6 is 0 Å². The number of rotatable bonds is 3.